The van der Waals surface area contributed by atoms with Crippen molar-refractivity contribution >= 4 is 19.5 Å². The number of quaternary nitrogens is 1. The van der Waals surface area contributed by atoms with Gasteiger partial charge in [0.2, 0.25) is 0 Å². The second-order valence-corrected chi connectivity index (χ2v) is 19.1. The number of likely N-dealkylation sites (N-methyl/N-ethyl adjacent to an activating group) is 1. The first-order valence-electron chi connectivity index (χ1n) is 21.5. The van der Waals surface area contributed by atoms with Crippen molar-refractivity contribution in [2.24, 2.45) is 5.92 Å². The van der Waals surface area contributed by atoms with Gasteiger partial charge < -0.3 is 38.6 Å². The lowest BCUT2D eigenvalue weighted by molar-refractivity contribution is -0.870. The number of aliphatic hydroxyl groups is 1. The van der Waals surface area contributed by atoms with Crippen molar-refractivity contribution in [3.8, 4) is 0 Å². The van der Waals surface area contributed by atoms with Crippen LogP contribution in [0.1, 0.15) is 109 Å². The average molecular weight is 791 g/mol. The van der Waals surface area contributed by atoms with Crippen LogP contribution >= 0.6 is 7.60 Å². The van der Waals surface area contributed by atoms with Gasteiger partial charge >= 0.3 is 19.5 Å². The highest BCUT2D eigenvalue weighted by Gasteiger charge is 2.33. The summed E-state index contributed by atoms with van der Waals surface area (Å²) < 4.78 is 27.6. The largest absolute Gasteiger partial charge is 0.480 e. The predicted octanol–water partition coefficient (Wildman–Crippen LogP) is 5.56. The first kappa shape index (κ1) is 49.0. The van der Waals surface area contributed by atoms with Gasteiger partial charge in [-0.2, -0.15) is 0 Å². The number of aliphatic carboxylic acids is 2. The minimum atomic E-state index is -3.49. The maximum atomic E-state index is 14.5. The number of carboxylic acids is 2. The zero-order valence-electron chi connectivity index (χ0n) is 34.7. The third-order valence-electron chi connectivity index (χ3n) is 10.8. The van der Waals surface area contributed by atoms with Crippen LogP contribution < -0.4 is 0 Å². The van der Waals surface area contributed by atoms with Crippen molar-refractivity contribution in [2.45, 2.75) is 109 Å². The Balaban J connectivity index is 1.90. The predicted molar refractivity (Wildman–Crippen MR) is 217 cm³/mol. The van der Waals surface area contributed by atoms with E-state index in [0.717, 1.165) is 64.7 Å². The van der Waals surface area contributed by atoms with Gasteiger partial charge in [-0.25, -0.2) is 0 Å². The molecule has 13 nitrogen and oxygen atoms in total. The number of carboxylic acid groups (broad SMARTS) is 2. The molecule has 3 N–H and O–H groups in total. The molecule has 4 unspecified atom stereocenters. The van der Waals surface area contributed by atoms with Crippen molar-refractivity contribution in [1.29, 1.82) is 0 Å². The van der Waals surface area contributed by atoms with E-state index in [2.05, 4.69) is 30.9 Å². The van der Waals surface area contributed by atoms with Crippen molar-refractivity contribution in [1.82, 2.24) is 19.6 Å². The Morgan fingerprint density at radius 1 is 0.593 bits per heavy atom. The van der Waals surface area contributed by atoms with Gasteiger partial charge in [0.05, 0.1) is 47.0 Å². The van der Waals surface area contributed by atoms with E-state index in [9.17, 15) is 24.4 Å². The SMILES string of the molecule is C[N+](C)(C)CCOP(=O)(CC1CN2CCN(CCCN(CC(=O)O)CC2)CCN(CC(=O)O)C1)OCCCCCCCCCCCCCCCCCCO. The van der Waals surface area contributed by atoms with Crippen LogP contribution in [0.25, 0.3) is 0 Å². The Bertz CT molecular complexity index is 1030. The molecule has 0 spiro atoms. The summed E-state index contributed by atoms with van der Waals surface area (Å²) in [5.74, 6) is -1.83. The van der Waals surface area contributed by atoms with E-state index in [0.29, 0.717) is 70.1 Å². The van der Waals surface area contributed by atoms with Gasteiger partial charge in [0.25, 0.3) is 0 Å². The molecule has 0 radical (unpaired) electrons. The molecule has 2 heterocycles. The first-order chi connectivity index (χ1) is 25.9. The normalized spacial score (nSPS) is 22.2. The topological polar surface area (TPSA) is 143 Å². The molecule has 54 heavy (non-hydrogen) atoms. The van der Waals surface area contributed by atoms with Gasteiger partial charge in [0, 0.05) is 65.5 Å². The molecule has 2 rings (SSSR count). The molecule has 0 aromatic rings. The van der Waals surface area contributed by atoms with E-state index in [4.69, 9.17) is 14.2 Å². The summed E-state index contributed by atoms with van der Waals surface area (Å²) in [6.07, 6.45) is 20.5. The zero-order chi connectivity index (χ0) is 39.5. The Morgan fingerprint density at radius 3 is 1.61 bits per heavy atom. The number of rotatable bonds is 29. The van der Waals surface area contributed by atoms with Crippen LogP contribution in [-0.4, -0.2) is 184 Å². The molecular formula is C40H81N5O8P+. The Kier molecular flexibility index (Phi) is 26.4. The van der Waals surface area contributed by atoms with Crippen molar-refractivity contribution in [3.63, 3.8) is 0 Å². The molecule has 2 fully saturated rings. The van der Waals surface area contributed by atoms with E-state index in [-0.39, 0.29) is 25.2 Å². The quantitative estimate of drug-likeness (QED) is 0.0496. The lowest BCUT2D eigenvalue weighted by Gasteiger charge is -2.38. The van der Waals surface area contributed by atoms with Gasteiger partial charge in [-0.3, -0.25) is 24.0 Å². The molecule has 0 aromatic heterocycles. The number of fused-ring (bicyclic) bond motifs is 3. The van der Waals surface area contributed by atoms with Crippen LogP contribution in [0.2, 0.25) is 0 Å². The lowest BCUT2D eigenvalue weighted by Crippen LogP contribution is -2.50. The highest BCUT2D eigenvalue weighted by molar-refractivity contribution is 7.53. The van der Waals surface area contributed by atoms with Gasteiger partial charge in [-0.1, -0.05) is 89.9 Å². The summed E-state index contributed by atoms with van der Waals surface area (Å²) in [7, 11) is 2.74. The van der Waals surface area contributed by atoms with E-state index in [1.807, 2.05) is 9.80 Å². The maximum Gasteiger partial charge on any atom is 0.331 e. The standard InChI is InChI=1S/C40H80N5O8P/c1-45(2,3)29-32-53-54(51,52-31-19-17-15-13-11-9-7-5-4-6-8-10-12-14-16-18-30-46)37-38-33-43-25-23-41(24-28-44(34-38)36-40(49)50)21-20-22-42(26-27-43)35-39(47)48/h38,46H,4-37H2,1-3H3,(H-,47,48,49,50)/p+1. The molecule has 2 aliphatic heterocycles. The Morgan fingerprint density at radius 2 is 1.06 bits per heavy atom. The number of aliphatic hydroxyl groups excluding tert-OH is 1. The molecule has 0 aromatic carbocycles. The van der Waals surface area contributed by atoms with E-state index >= 15 is 0 Å². The smallest absolute Gasteiger partial charge is 0.331 e. The Hall–Kier alpha value is -1.15. The third-order valence-corrected chi connectivity index (χ3v) is 12.9. The molecule has 2 bridgehead atoms. The number of carbonyl (C=O) groups is 2. The fourth-order valence-corrected chi connectivity index (χ4v) is 9.51. The molecule has 0 aliphatic carbocycles. The van der Waals surface area contributed by atoms with Crippen LogP contribution in [0.4, 0.5) is 0 Å². The number of unbranched alkanes of at least 4 members (excludes halogenated alkanes) is 15. The summed E-state index contributed by atoms with van der Waals surface area (Å²) in [5.41, 5.74) is 0. The summed E-state index contributed by atoms with van der Waals surface area (Å²) in [6, 6.07) is 0. The van der Waals surface area contributed by atoms with Crippen LogP contribution in [0.3, 0.4) is 0 Å². The first-order valence-corrected chi connectivity index (χ1v) is 23.2. The van der Waals surface area contributed by atoms with Gasteiger partial charge in [0.15, 0.2) is 0 Å². The van der Waals surface area contributed by atoms with E-state index < -0.39 is 19.5 Å². The number of nitrogens with zero attached hydrogens (tertiary/aromatic N) is 5. The molecule has 318 valence electrons. The van der Waals surface area contributed by atoms with Crippen molar-refractivity contribution in [2.75, 3.05) is 132 Å². The van der Waals surface area contributed by atoms with Crippen molar-refractivity contribution in [3.05, 3.63) is 0 Å². The lowest BCUT2D eigenvalue weighted by atomic mass is 10.0. The second-order valence-electron chi connectivity index (χ2n) is 17.0. The summed E-state index contributed by atoms with van der Waals surface area (Å²) in [5, 5.41) is 28.1. The molecular weight excluding hydrogens is 709 g/mol. The molecule has 2 saturated heterocycles. The maximum absolute atomic E-state index is 14.5. The fourth-order valence-electron chi connectivity index (χ4n) is 7.59. The highest BCUT2D eigenvalue weighted by Crippen LogP contribution is 2.50. The van der Waals surface area contributed by atoms with Crippen molar-refractivity contribution < 1.29 is 43.0 Å². The van der Waals surface area contributed by atoms with E-state index in [1.165, 1.54) is 70.6 Å². The van der Waals surface area contributed by atoms with Crippen LogP contribution in [0.5, 0.6) is 0 Å². The van der Waals surface area contributed by atoms with Gasteiger partial charge in [-0.15, -0.1) is 0 Å². The van der Waals surface area contributed by atoms with Gasteiger partial charge in [-0.05, 0) is 31.7 Å². The summed E-state index contributed by atoms with van der Waals surface area (Å²) in [4.78, 5) is 32.2. The van der Waals surface area contributed by atoms with E-state index in [1.54, 1.807) is 0 Å². The molecule has 14 heteroatoms. The molecule has 4 atom stereocenters. The minimum Gasteiger partial charge on any atom is -0.480 e. The minimum absolute atomic E-state index is 0.0153. The van der Waals surface area contributed by atoms with Crippen LogP contribution in [-0.2, 0) is 23.2 Å². The fraction of sp³-hybridized carbons (Fsp3) is 0.950. The molecule has 0 amide bonds. The molecule has 0 saturated carbocycles. The average Bonchev–Trinajstić information content (AvgIpc) is 3.09. The van der Waals surface area contributed by atoms with Crippen LogP contribution in [0.15, 0.2) is 0 Å². The highest BCUT2D eigenvalue weighted by atomic mass is 31.2. The second kappa shape index (κ2) is 29.1. The summed E-state index contributed by atoms with van der Waals surface area (Å²) in [6.45, 7) is 8.64. The third kappa shape index (κ3) is 25.9. The number of hydrogen-bond donors (Lipinski definition) is 3. The Labute approximate surface area is 328 Å². The summed E-state index contributed by atoms with van der Waals surface area (Å²) >= 11 is 0. The number of hydrogen-bond acceptors (Lipinski definition) is 10. The molecule has 2 aliphatic rings. The van der Waals surface area contributed by atoms with Gasteiger partial charge in [0.1, 0.15) is 13.2 Å². The zero-order valence-corrected chi connectivity index (χ0v) is 35.6. The van der Waals surface area contributed by atoms with Crippen LogP contribution in [0, 0.1) is 5.92 Å². The monoisotopic (exact) mass is 791 g/mol.